The van der Waals surface area contributed by atoms with Crippen molar-refractivity contribution in [2.75, 3.05) is 0 Å². The van der Waals surface area contributed by atoms with Gasteiger partial charge in [0.25, 0.3) is 5.56 Å². The fraction of sp³-hybridized carbons (Fsp3) is 0.154. The minimum absolute atomic E-state index is 0.142. The normalized spacial score (nSPS) is 11.1. The Hall–Kier alpha value is -1.70. The van der Waals surface area contributed by atoms with Crippen molar-refractivity contribution in [3.63, 3.8) is 0 Å². The van der Waals surface area contributed by atoms with Crippen molar-refractivity contribution in [2.45, 2.75) is 13.8 Å². The first-order chi connectivity index (χ1) is 9.08. The third-order valence-electron chi connectivity index (χ3n) is 3.17. The second-order valence-electron chi connectivity index (χ2n) is 4.41. The molecule has 6 heteroatoms. The molecule has 3 rings (SSSR count). The van der Waals surface area contributed by atoms with E-state index >= 15 is 0 Å². The molecule has 96 valence electrons. The van der Waals surface area contributed by atoms with Crippen LogP contribution in [0.2, 0.25) is 0 Å². The molecular formula is C13H11IN4O. The number of rotatable bonds is 1. The summed E-state index contributed by atoms with van der Waals surface area (Å²) >= 11 is 2.00. The summed E-state index contributed by atoms with van der Waals surface area (Å²) in [6.45, 7) is 4.12. The van der Waals surface area contributed by atoms with Crippen molar-refractivity contribution in [1.29, 1.82) is 0 Å². The summed E-state index contributed by atoms with van der Waals surface area (Å²) in [4.78, 5) is 22.8. The summed E-state index contributed by atoms with van der Waals surface area (Å²) in [5.41, 5.74) is 4.11. The summed E-state index contributed by atoms with van der Waals surface area (Å²) in [5.74, 6) is 0.607. The van der Waals surface area contributed by atoms with Gasteiger partial charge in [0.15, 0.2) is 5.82 Å². The highest BCUT2D eigenvalue weighted by atomic mass is 127. The Balaban J connectivity index is 2.35. The molecular weight excluding hydrogens is 355 g/mol. The number of imidazole rings is 1. The fourth-order valence-corrected chi connectivity index (χ4v) is 2.53. The molecule has 2 aromatic heterocycles. The van der Waals surface area contributed by atoms with Gasteiger partial charge in [0.05, 0.1) is 17.4 Å². The molecule has 0 radical (unpaired) electrons. The topological polar surface area (TPSA) is 63.6 Å². The first-order valence-corrected chi connectivity index (χ1v) is 6.83. The molecule has 0 saturated carbocycles. The van der Waals surface area contributed by atoms with Gasteiger partial charge in [0.1, 0.15) is 9.90 Å². The van der Waals surface area contributed by atoms with E-state index < -0.39 is 0 Å². The van der Waals surface area contributed by atoms with Gasteiger partial charge in [-0.15, -0.1) is 0 Å². The maximum Gasteiger partial charge on any atom is 0.266 e. The molecule has 3 aromatic rings. The lowest BCUT2D eigenvalue weighted by molar-refractivity contribution is 0.964. The zero-order chi connectivity index (χ0) is 13.6. The van der Waals surface area contributed by atoms with Crippen LogP contribution in [0.1, 0.15) is 11.1 Å². The first-order valence-electron chi connectivity index (χ1n) is 5.76. The van der Waals surface area contributed by atoms with Crippen LogP contribution in [0, 0.1) is 17.4 Å². The standard InChI is InChI=1S/C13H11IN4O/c1-7-3-9-10(4-8(7)2)18(6-17-9)12-11(14)13(19)16-5-15-12/h3-6H,1-2H3,(H,15,16,19). The summed E-state index contributed by atoms with van der Waals surface area (Å²) in [6, 6.07) is 4.11. The monoisotopic (exact) mass is 366 g/mol. The molecule has 5 nitrogen and oxygen atoms in total. The maximum absolute atomic E-state index is 11.7. The zero-order valence-electron chi connectivity index (χ0n) is 10.4. The van der Waals surface area contributed by atoms with Crippen molar-refractivity contribution in [2.24, 2.45) is 0 Å². The van der Waals surface area contributed by atoms with Crippen molar-refractivity contribution >= 4 is 33.6 Å². The van der Waals surface area contributed by atoms with Crippen LogP contribution in [0.15, 0.2) is 29.6 Å². The minimum Gasteiger partial charge on any atom is -0.312 e. The maximum atomic E-state index is 11.7. The Morgan fingerprint density at radius 1 is 1.21 bits per heavy atom. The minimum atomic E-state index is -0.142. The van der Waals surface area contributed by atoms with Gasteiger partial charge in [0, 0.05) is 0 Å². The van der Waals surface area contributed by atoms with Gasteiger partial charge in [-0.05, 0) is 59.7 Å². The van der Waals surface area contributed by atoms with Crippen LogP contribution < -0.4 is 5.56 Å². The van der Waals surface area contributed by atoms with E-state index in [0.29, 0.717) is 9.39 Å². The molecule has 2 heterocycles. The number of halogens is 1. The molecule has 0 aliphatic rings. The van der Waals surface area contributed by atoms with Crippen LogP contribution in [0.4, 0.5) is 0 Å². The van der Waals surface area contributed by atoms with Gasteiger partial charge >= 0.3 is 0 Å². The Kier molecular flexibility index (Phi) is 2.89. The van der Waals surface area contributed by atoms with E-state index in [9.17, 15) is 4.79 Å². The Bertz CT molecular complexity index is 834. The number of fused-ring (bicyclic) bond motifs is 1. The smallest absolute Gasteiger partial charge is 0.266 e. The number of aromatic amines is 1. The molecule has 0 aliphatic heterocycles. The molecule has 0 aliphatic carbocycles. The van der Waals surface area contributed by atoms with E-state index in [0.717, 1.165) is 11.0 Å². The molecule has 0 unspecified atom stereocenters. The number of nitrogens with zero attached hydrogens (tertiary/aromatic N) is 3. The lowest BCUT2D eigenvalue weighted by Gasteiger charge is -2.06. The first kappa shape index (κ1) is 12.3. The summed E-state index contributed by atoms with van der Waals surface area (Å²) in [7, 11) is 0. The van der Waals surface area contributed by atoms with E-state index in [4.69, 9.17) is 0 Å². The number of H-pyrrole nitrogens is 1. The van der Waals surface area contributed by atoms with E-state index in [1.807, 2.05) is 33.2 Å². The van der Waals surface area contributed by atoms with Gasteiger partial charge in [-0.3, -0.25) is 9.36 Å². The molecule has 0 atom stereocenters. The van der Waals surface area contributed by atoms with E-state index in [-0.39, 0.29) is 5.56 Å². The van der Waals surface area contributed by atoms with Gasteiger partial charge in [0.2, 0.25) is 0 Å². The third kappa shape index (κ3) is 1.95. The van der Waals surface area contributed by atoms with Gasteiger partial charge < -0.3 is 4.98 Å². The molecule has 0 saturated heterocycles. The molecule has 19 heavy (non-hydrogen) atoms. The molecule has 0 bridgehead atoms. The molecule has 0 spiro atoms. The van der Waals surface area contributed by atoms with Gasteiger partial charge in [-0.1, -0.05) is 0 Å². The van der Waals surface area contributed by atoms with Crippen molar-refractivity contribution in [3.8, 4) is 5.82 Å². The highest BCUT2D eigenvalue weighted by molar-refractivity contribution is 14.1. The van der Waals surface area contributed by atoms with E-state index in [2.05, 4.69) is 34.9 Å². The van der Waals surface area contributed by atoms with Crippen molar-refractivity contribution < 1.29 is 0 Å². The number of hydrogen-bond donors (Lipinski definition) is 1. The predicted molar refractivity (Wildman–Crippen MR) is 81.7 cm³/mol. The Labute approximate surface area is 122 Å². The number of benzene rings is 1. The van der Waals surface area contributed by atoms with Crippen LogP contribution in [-0.2, 0) is 0 Å². The van der Waals surface area contributed by atoms with Gasteiger partial charge in [-0.2, -0.15) is 0 Å². The number of hydrogen-bond acceptors (Lipinski definition) is 3. The lowest BCUT2D eigenvalue weighted by Crippen LogP contribution is -2.14. The molecule has 0 fully saturated rings. The molecule has 1 aromatic carbocycles. The number of aromatic nitrogens is 4. The zero-order valence-corrected chi connectivity index (χ0v) is 12.6. The van der Waals surface area contributed by atoms with E-state index in [1.165, 1.54) is 17.5 Å². The highest BCUT2D eigenvalue weighted by Crippen LogP contribution is 2.21. The van der Waals surface area contributed by atoms with Gasteiger partial charge in [-0.25, -0.2) is 9.97 Å². The molecule has 1 N–H and O–H groups in total. The van der Waals surface area contributed by atoms with Crippen molar-refractivity contribution in [3.05, 3.63) is 49.8 Å². The van der Waals surface area contributed by atoms with Crippen LogP contribution in [-0.4, -0.2) is 19.5 Å². The second kappa shape index (κ2) is 4.44. The van der Waals surface area contributed by atoms with Crippen LogP contribution >= 0.6 is 22.6 Å². The fourth-order valence-electron chi connectivity index (χ4n) is 1.97. The van der Waals surface area contributed by atoms with E-state index in [1.54, 1.807) is 6.33 Å². The largest absolute Gasteiger partial charge is 0.312 e. The third-order valence-corrected chi connectivity index (χ3v) is 4.14. The van der Waals surface area contributed by atoms with Crippen LogP contribution in [0.5, 0.6) is 0 Å². The summed E-state index contributed by atoms with van der Waals surface area (Å²) in [6.07, 6.45) is 3.11. The van der Waals surface area contributed by atoms with Crippen molar-refractivity contribution in [1.82, 2.24) is 19.5 Å². The summed E-state index contributed by atoms with van der Waals surface area (Å²) in [5, 5.41) is 0. The quantitative estimate of drug-likeness (QED) is 0.673. The van der Waals surface area contributed by atoms with Crippen LogP contribution in [0.3, 0.4) is 0 Å². The SMILES string of the molecule is Cc1cc2ncn(-c3nc[nH]c(=O)c3I)c2cc1C. The Morgan fingerprint density at radius 3 is 2.74 bits per heavy atom. The van der Waals surface area contributed by atoms with Crippen LogP contribution in [0.25, 0.3) is 16.9 Å². The molecule has 0 amide bonds. The predicted octanol–water partition coefficient (Wildman–Crippen LogP) is 2.33. The highest BCUT2D eigenvalue weighted by Gasteiger charge is 2.12. The number of nitrogens with one attached hydrogen (secondary N) is 1. The lowest BCUT2D eigenvalue weighted by atomic mass is 10.1. The second-order valence-corrected chi connectivity index (χ2v) is 5.49. The summed E-state index contributed by atoms with van der Waals surface area (Å²) < 4.78 is 2.40. The Morgan fingerprint density at radius 2 is 1.95 bits per heavy atom. The average Bonchev–Trinajstić information content (AvgIpc) is 2.76. The average molecular weight is 366 g/mol. The number of aryl methyl sites for hydroxylation is 2.